The summed E-state index contributed by atoms with van der Waals surface area (Å²) in [5.41, 5.74) is 1.82. The minimum absolute atomic E-state index is 0.266. The van der Waals surface area contributed by atoms with Gasteiger partial charge in [-0.05, 0) is 24.6 Å². The molecule has 1 aromatic heterocycles. The number of aryl methyl sites for hydroxylation is 1. The molecular formula is C8H7FN2S. The van der Waals surface area contributed by atoms with Gasteiger partial charge in [0.2, 0.25) is 0 Å². The minimum atomic E-state index is 0.266. The molecule has 4 heteroatoms. The fraction of sp³-hybridized carbons (Fsp3) is 0.125. The summed E-state index contributed by atoms with van der Waals surface area (Å²) in [6, 6.07) is 3.68. The summed E-state index contributed by atoms with van der Waals surface area (Å²) in [6.45, 7) is 1.88. The van der Waals surface area contributed by atoms with Crippen molar-refractivity contribution in [2.45, 2.75) is 11.8 Å². The van der Waals surface area contributed by atoms with Crippen LogP contribution in [-0.4, -0.2) is 10.2 Å². The van der Waals surface area contributed by atoms with Gasteiger partial charge in [0.15, 0.2) is 0 Å². The standard InChI is InChI=1S/C8H7FN2S/c1-5-2-6-4-10-11-7(6)3-8(5)12-9/h2-4H,1H3,(H,10,11). The van der Waals surface area contributed by atoms with Gasteiger partial charge in [-0.3, -0.25) is 5.10 Å². The summed E-state index contributed by atoms with van der Waals surface area (Å²) >= 11 is 0.266. The molecule has 0 aliphatic rings. The maximum absolute atomic E-state index is 12.3. The molecule has 0 saturated heterocycles. The fourth-order valence-corrected chi connectivity index (χ4v) is 1.51. The van der Waals surface area contributed by atoms with Gasteiger partial charge in [0.25, 0.3) is 0 Å². The average Bonchev–Trinajstić information content (AvgIpc) is 2.49. The zero-order chi connectivity index (χ0) is 8.55. The van der Waals surface area contributed by atoms with Crippen LogP contribution in [0, 0.1) is 6.92 Å². The second kappa shape index (κ2) is 2.79. The first-order valence-corrected chi connectivity index (χ1v) is 4.25. The Kier molecular flexibility index (Phi) is 1.77. The number of benzene rings is 1. The van der Waals surface area contributed by atoms with Crippen LogP contribution in [-0.2, 0) is 0 Å². The Bertz CT molecular complexity index is 410. The van der Waals surface area contributed by atoms with Crippen LogP contribution in [0.15, 0.2) is 23.2 Å². The molecule has 0 atom stereocenters. The van der Waals surface area contributed by atoms with E-state index in [1.165, 1.54) is 0 Å². The van der Waals surface area contributed by atoms with Gasteiger partial charge in [0.1, 0.15) is 0 Å². The highest BCUT2D eigenvalue weighted by atomic mass is 32.2. The SMILES string of the molecule is Cc1cc2cn[nH]c2cc1SF. The second-order valence-corrected chi connectivity index (χ2v) is 3.25. The van der Waals surface area contributed by atoms with Crippen LogP contribution >= 0.6 is 12.1 Å². The monoisotopic (exact) mass is 182 g/mol. The zero-order valence-electron chi connectivity index (χ0n) is 6.47. The van der Waals surface area contributed by atoms with E-state index in [0.717, 1.165) is 16.5 Å². The maximum atomic E-state index is 12.3. The topological polar surface area (TPSA) is 28.7 Å². The van der Waals surface area contributed by atoms with Crippen LogP contribution in [0.1, 0.15) is 5.56 Å². The highest BCUT2D eigenvalue weighted by Gasteiger charge is 2.02. The molecule has 62 valence electrons. The van der Waals surface area contributed by atoms with Crippen molar-refractivity contribution in [3.8, 4) is 0 Å². The normalized spacial score (nSPS) is 10.8. The largest absolute Gasteiger partial charge is 0.278 e. The first kappa shape index (κ1) is 7.61. The average molecular weight is 182 g/mol. The lowest BCUT2D eigenvalue weighted by Crippen LogP contribution is -1.77. The van der Waals surface area contributed by atoms with E-state index in [0.29, 0.717) is 4.90 Å². The molecule has 0 aliphatic heterocycles. The molecule has 0 unspecified atom stereocenters. The van der Waals surface area contributed by atoms with E-state index in [1.54, 1.807) is 12.3 Å². The van der Waals surface area contributed by atoms with Crippen molar-refractivity contribution in [2.75, 3.05) is 0 Å². The number of halogens is 1. The Hall–Kier alpha value is -1.03. The van der Waals surface area contributed by atoms with Crippen LogP contribution in [0.3, 0.4) is 0 Å². The van der Waals surface area contributed by atoms with Crippen LogP contribution in [0.5, 0.6) is 0 Å². The number of hydrogen-bond donors (Lipinski definition) is 1. The predicted octanol–water partition coefficient (Wildman–Crippen LogP) is 2.85. The van der Waals surface area contributed by atoms with E-state index in [4.69, 9.17) is 0 Å². The van der Waals surface area contributed by atoms with Crippen molar-refractivity contribution < 1.29 is 3.89 Å². The van der Waals surface area contributed by atoms with Gasteiger partial charge < -0.3 is 0 Å². The van der Waals surface area contributed by atoms with Gasteiger partial charge in [-0.1, -0.05) is 0 Å². The number of nitrogens with zero attached hydrogens (tertiary/aromatic N) is 1. The molecule has 1 N–H and O–H groups in total. The molecular weight excluding hydrogens is 175 g/mol. The fourth-order valence-electron chi connectivity index (χ4n) is 1.17. The van der Waals surface area contributed by atoms with E-state index in [-0.39, 0.29) is 12.1 Å². The van der Waals surface area contributed by atoms with Gasteiger partial charge in [0.05, 0.1) is 23.9 Å². The maximum Gasteiger partial charge on any atom is 0.0815 e. The number of fused-ring (bicyclic) bond motifs is 1. The van der Waals surface area contributed by atoms with Gasteiger partial charge in [0, 0.05) is 10.3 Å². The molecule has 0 saturated carbocycles. The molecule has 0 spiro atoms. The molecule has 0 aliphatic carbocycles. The summed E-state index contributed by atoms with van der Waals surface area (Å²) in [4.78, 5) is 0.645. The quantitative estimate of drug-likeness (QED) is 0.734. The van der Waals surface area contributed by atoms with Crippen molar-refractivity contribution in [1.82, 2.24) is 10.2 Å². The lowest BCUT2D eigenvalue weighted by molar-refractivity contribution is 0.932. The van der Waals surface area contributed by atoms with E-state index in [1.807, 2.05) is 13.0 Å². The van der Waals surface area contributed by atoms with Gasteiger partial charge in [-0.25, -0.2) is 0 Å². The lowest BCUT2D eigenvalue weighted by atomic mass is 10.2. The molecule has 2 nitrogen and oxygen atoms in total. The summed E-state index contributed by atoms with van der Waals surface area (Å²) in [6.07, 6.45) is 1.73. The molecule has 0 amide bonds. The smallest absolute Gasteiger partial charge is 0.0815 e. The Labute approximate surface area is 73.5 Å². The van der Waals surface area contributed by atoms with Crippen LogP contribution in [0.4, 0.5) is 3.89 Å². The summed E-state index contributed by atoms with van der Waals surface area (Å²) < 4.78 is 12.3. The number of rotatable bonds is 1. The van der Waals surface area contributed by atoms with Crippen LogP contribution in [0.25, 0.3) is 10.9 Å². The van der Waals surface area contributed by atoms with E-state index in [9.17, 15) is 3.89 Å². The Morgan fingerprint density at radius 1 is 1.50 bits per heavy atom. The molecule has 1 heterocycles. The number of H-pyrrole nitrogens is 1. The molecule has 2 aromatic rings. The van der Waals surface area contributed by atoms with E-state index in [2.05, 4.69) is 10.2 Å². The van der Waals surface area contributed by atoms with Crippen molar-refractivity contribution in [3.05, 3.63) is 23.9 Å². The lowest BCUT2D eigenvalue weighted by Gasteiger charge is -1.98. The molecule has 2 rings (SSSR count). The molecule has 0 radical (unpaired) electrons. The van der Waals surface area contributed by atoms with Crippen molar-refractivity contribution in [2.24, 2.45) is 0 Å². The van der Waals surface area contributed by atoms with Crippen LogP contribution < -0.4 is 0 Å². The first-order valence-electron chi connectivity index (χ1n) is 3.53. The van der Waals surface area contributed by atoms with Gasteiger partial charge >= 0.3 is 0 Å². The van der Waals surface area contributed by atoms with Crippen molar-refractivity contribution in [1.29, 1.82) is 0 Å². The van der Waals surface area contributed by atoms with Crippen molar-refractivity contribution in [3.63, 3.8) is 0 Å². The highest BCUT2D eigenvalue weighted by Crippen LogP contribution is 2.26. The summed E-state index contributed by atoms with van der Waals surface area (Å²) in [5, 5.41) is 7.67. The Morgan fingerprint density at radius 3 is 3.08 bits per heavy atom. The first-order chi connectivity index (χ1) is 5.81. The third-order valence-electron chi connectivity index (χ3n) is 1.82. The zero-order valence-corrected chi connectivity index (χ0v) is 7.28. The predicted molar refractivity (Wildman–Crippen MR) is 47.8 cm³/mol. The van der Waals surface area contributed by atoms with Gasteiger partial charge in [-0.15, -0.1) is 0 Å². The third kappa shape index (κ3) is 1.08. The number of aromatic amines is 1. The number of nitrogens with one attached hydrogen (secondary N) is 1. The highest BCUT2D eigenvalue weighted by molar-refractivity contribution is 7.94. The third-order valence-corrected chi connectivity index (χ3v) is 2.42. The molecule has 0 fully saturated rings. The minimum Gasteiger partial charge on any atom is -0.278 e. The number of hydrogen-bond acceptors (Lipinski definition) is 2. The van der Waals surface area contributed by atoms with Gasteiger partial charge in [-0.2, -0.15) is 8.98 Å². The second-order valence-electron chi connectivity index (χ2n) is 2.65. The molecule has 0 bridgehead atoms. The Morgan fingerprint density at radius 2 is 2.33 bits per heavy atom. The number of aromatic nitrogens is 2. The Balaban J connectivity index is 2.73. The molecule has 1 aromatic carbocycles. The van der Waals surface area contributed by atoms with E-state index < -0.39 is 0 Å². The van der Waals surface area contributed by atoms with Crippen LogP contribution in [0.2, 0.25) is 0 Å². The molecule has 12 heavy (non-hydrogen) atoms. The summed E-state index contributed by atoms with van der Waals surface area (Å²) in [5.74, 6) is 0. The summed E-state index contributed by atoms with van der Waals surface area (Å²) in [7, 11) is 0. The van der Waals surface area contributed by atoms with E-state index >= 15 is 0 Å². The van der Waals surface area contributed by atoms with Crippen molar-refractivity contribution >= 4 is 23.1 Å².